The highest BCUT2D eigenvalue weighted by Crippen LogP contribution is 2.39. The van der Waals surface area contributed by atoms with Crippen molar-refractivity contribution in [2.24, 2.45) is 0 Å². The molecule has 0 fully saturated rings. The van der Waals surface area contributed by atoms with E-state index in [9.17, 15) is 0 Å². The summed E-state index contributed by atoms with van der Waals surface area (Å²) >= 11 is 12.4. The van der Waals surface area contributed by atoms with Gasteiger partial charge in [-0.25, -0.2) is 9.97 Å². The van der Waals surface area contributed by atoms with Crippen LogP contribution in [0, 0.1) is 0 Å². The number of imidazole rings is 1. The van der Waals surface area contributed by atoms with Crippen LogP contribution in [-0.2, 0) is 6.54 Å². The zero-order chi connectivity index (χ0) is 19.1. The summed E-state index contributed by atoms with van der Waals surface area (Å²) in [5, 5.41) is 2.97. The lowest BCUT2D eigenvalue weighted by Gasteiger charge is -2.10. The van der Waals surface area contributed by atoms with Gasteiger partial charge in [0.1, 0.15) is 11.1 Å². The third-order valence-corrected chi connectivity index (χ3v) is 5.10. The summed E-state index contributed by atoms with van der Waals surface area (Å²) in [7, 11) is 0. The van der Waals surface area contributed by atoms with Crippen molar-refractivity contribution in [3.05, 3.63) is 65.2 Å². The van der Waals surface area contributed by atoms with E-state index in [4.69, 9.17) is 37.3 Å². The first-order valence-electron chi connectivity index (χ1n) is 8.88. The second-order valence-corrected chi connectivity index (χ2v) is 7.40. The van der Waals surface area contributed by atoms with Gasteiger partial charge in [0.25, 0.3) is 0 Å². The van der Waals surface area contributed by atoms with Crippen LogP contribution in [0.1, 0.15) is 6.42 Å². The monoisotopic (exact) mass is 411 g/mol. The van der Waals surface area contributed by atoms with E-state index in [2.05, 4.69) is 4.98 Å². The van der Waals surface area contributed by atoms with Gasteiger partial charge >= 0.3 is 0 Å². The Labute approximate surface area is 170 Å². The van der Waals surface area contributed by atoms with E-state index >= 15 is 0 Å². The average Bonchev–Trinajstić information content (AvgIpc) is 3.32. The SMILES string of the molecule is Clc1ccc2c(OCCCn3ccnc3)c3oc4ccc(Cl)cc4c3nc2c1. The first-order chi connectivity index (χ1) is 13.7. The van der Waals surface area contributed by atoms with Crippen LogP contribution in [0.3, 0.4) is 0 Å². The van der Waals surface area contributed by atoms with Gasteiger partial charge in [-0.2, -0.15) is 0 Å². The number of aryl methyl sites for hydroxylation is 1. The van der Waals surface area contributed by atoms with E-state index in [0.29, 0.717) is 28.0 Å². The second-order valence-electron chi connectivity index (χ2n) is 6.53. The number of hydrogen-bond acceptors (Lipinski definition) is 4. The van der Waals surface area contributed by atoms with Gasteiger partial charge < -0.3 is 13.7 Å². The van der Waals surface area contributed by atoms with Crippen LogP contribution in [0.2, 0.25) is 10.0 Å². The van der Waals surface area contributed by atoms with Crippen LogP contribution in [0.5, 0.6) is 5.75 Å². The molecule has 0 atom stereocenters. The molecule has 3 aromatic heterocycles. The third-order valence-electron chi connectivity index (χ3n) is 4.63. The van der Waals surface area contributed by atoms with E-state index in [1.807, 2.05) is 41.1 Å². The lowest BCUT2D eigenvalue weighted by atomic mass is 10.1. The van der Waals surface area contributed by atoms with Crippen LogP contribution in [0.15, 0.2) is 59.5 Å². The molecule has 0 aliphatic carbocycles. The molecule has 0 radical (unpaired) electrons. The lowest BCUT2D eigenvalue weighted by Crippen LogP contribution is -2.04. The Balaban J connectivity index is 1.60. The lowest BCUT2D eigenvalue weighted by molar-refractivity contribution is 0.304. The molecule has 5 nitrogen and oxygen atoms in total. The van der Waals surface area contributed by atoms with Gasteiger partial charge in [-0.15, -0.1) is 0 Å². The molecule has 0 aliphatic rings. The summed E-state index contributed by atoms with van der Waals surface area (Å²) in [4.78, 5) is 8.82. The zero-order valence-electron chi connectivity index (χ0n) is 14.7. The molecule has 0 saturated heterocycles. The quantitative estimate of drug-likeness (QED) is 0.327. The molecule has 5 rings (SSSR count). The number of nitrogens with zero attached hydrogens (tertiary/aromatic N) is 3. The standard InChI is InChI=1S/C21H15Cl2N3O2/c22-13-3-5-18-16(10-13)19-21(28-18)20(15-4-2-14(23)11-17(15)25-19)27-9-1-7-26-8-6-24-12-26/h2-6,8,10-12H,1,7,9H2. The van der Waals surface area contributed by atoms with Crippen molar-refractivity contribution in [1.82, 2.24) is 14.5 Å². The molecule has 2 aromatic carbocycles. The number of halogens is 2. The summed E-state index contributed by atoms with van der Waals surface area (Å²) in [5.74, 6) is 0.676. The minimum atomic E-state index is 0.535. The molecule has 0 spiro atoms. The predicted octanol–water partition coefficient (Wildman–Crippen LogP) is 6.11. The molecule has 7 heteroatoms. The second kappa shape index (κ2) is 7.00. The fraction of sp³-hybridized carbons (Fsp3) is 0.143. The Kier molecular flexibility index (Phi) is 4.34. The Hall–Kier alpha value is -2.76. The maximum atomic E-state index is 6.19. The molecular weight excluding hydrogens is 397 g/mol. The van der Waals surface area contributed by atoms with Crippen LogP contribution >= 0.6 is 23.2 Å². The van der Waals surface area contributed by atoms with E-state index < -0.39 is 0 Å². The molecule has 3 heterocycles. The maximum absolute atomic E-state index is 6.19. The highest BCUT2D eigenvalue weighted by atomic mass is 35.5. The van der Waals surface area contributed by atoms with Gasteiger partial charge in [0, 0.05) is 39.8 Å². The first-order valence-corrected chi connectivity index (χ1v) is 9.64. The summed E-state index contributed by atoms with van der Waals surface area (Å²) in [5.41, 5.74) is 2.82. The van der Waals surface area contributed by atoms with Crippen molar-refractivity contribution in [1.29, 1.82) is 0 Å². The minimum Gasteiger partial charge on any atom is -0.489 e. The Morgan fingerprint density at radius 1 is 1.04 bits per heavy atom. The number of aromatic nitrogens is 3. The van der Waals surface area contributed by atoms with Crippen molar-refractivity contribution in [2.45, 2.75) is 13.0 Å². The summed E-state index contributed by atoms with van der Waals surface area (Å²) in [6.45, 7) is 1.36. The van der Waals surface area contributed by atoms with Gasteiger partial charge in [0.2, 0.25) is 0 Å². The van der Waals surface area contributed by atoms with Gasteiger partial charge in [0.15, 0.2) is 11.3 Å². The van der Waals surface area contributed by atoms with Crippen molar-refractivity contribution in [3.8, 4) is 5.75 Å². The third kappa shape index (κ3) is 3.07. The Bertz CT molecular complexity index is 1300. The smallest absolute Gasteiger partial charge is 0.196 e. The number of fused-ring (bicyclic) bond motifs is 4. The van der Waals surface area contributed by atoms with E-state index in [0.717, 1.165) is 40.4 Å². The number of rotatable bonds is 5. The van der Waals surface area contributed by atoms with Gasteiger partial charge in [-0.05, 0) is 42.8 Å². The number of benzene rings is 2. The summed E-state index contributed by atoms with van der Waals surface area (Å²) < 4.78 is 14.3. The van der Waals surface area contributed by atoms with Crippen LogP contribution in [0.4, 0.5) is 0 Å². The van der Waals surface area contributed by atoms with E-state index in [-0.39, 0.29) is 0 Å². The molecule has 0 N–H and O–H groups in total. The van der Waals surface area contributed by atoms with Crippen LogP contribution in [-0.4, -0.2) is 21.1 Å². The van der Waals surface area contributed by atoms with Gasteiger partial charge in [-0.3, -0.25) is 0 Å². The Morgan fingerprint density at radius 3 is 2.75 bits per heavy atom. The fourth-order valence-corrected chi connectivity index (χ4v) is 3.68. The van der Waals surface area contributed by atoms with Gasteiger partial charge in [0.05, 0.1) is 18.5 Å². The van der Waals surface area contributed by atoms with Crippen molar-refractivity contribution in [3.63, 3.8) is 0 Å². The van der Waals surface area contributed by atoms with Crippen molar-refractivity contribution < 1.29 is 9.15 Å². The maximum Gasteiger partial charge on any atom is 0.196 e. The van der Waals surface area contributed by atoms with Crippen LogP contribution < -0.4 is 4.74 Å². The molecule has 0 unspecified atom stereocenters. The molecule has 0 aliphatic heterocycles. The zero-order valence-corrected chi connectivity index (χ0v) is 16.2. The van der Waals surface area contributed by atoms with Crippen molar-refractivity contribution in [2.75, 3.05) is 6.61 Å². The van der Waals surface area contributed by atoms with Gasteiger partial charge in [-0.1, -0.05) is 23.2 Å². The first kappa shape index (κ1) is 17.3. The predicted molar refractivity (Wildman–Crippen MR) is 111 cm³/mol. The van der Waals surface area contributed by atoms with Crippen molar-refractivity contribution >= 4 is 56.2 Å². The molecule has 28 heavy (non-hydrogen) atoms. The highest BCUT2D eigenvalue weighted by molar-refractivity contribution is 6.32. The Morgan fingerprint density at radius 2 is 1.89 bits per heavy atom. The minimum absolute atomic E-state index is 0.535. The molecule has 140 valence electrons. The highest BCUT2D eigenvalue weighted by Gasteiger charge is 2.18. The number of furan rings is 1. The number of hydrogen-bond donors (Lipinski definition) is 0. The van der Waals surface area contributed by atoms with Crippen LogP contribution in [0.25, 0.3) is 33.0 Å². The topological polar surface area (TPSA) is 53.1 Å². The fourth-order valence-electron chi connectivity index (χ4n) is 3.34. The summed E-state index contributed by atoms with van der Waals surface area (Å²) in [6, 6.07) is 11.1. The largest absolute Gasteiger partial charge is 0.489 e. The normalized spacial score (nSPS) is 11.6. The molecule has 0 saturated carbocycles. The number of pyridine rings is 1. The summed E-state index contributed by atoms with van der Waals surface area (Å²) in [6.07, 6.45) is 6.33. The average molecular weight is 412 g/mol. The van der Waals surface area contributed by atoms with E-state index in [1.165, 1.54) is 0 Å². The van der Waals surface area contributed by atoms with E-state index in [1.54, 1.807) is 18.6 Å². The molecule has 0 amide bonds. The molecular formula is C21H15Cl2N3O2. The number of ether oxygens (including phenoxy) is 1. The molecule has 0 bridgehead atoms. The molecule has 5 aromatic rings.